The molecule has 0 saturated carbocycles. The van der Waals surface area contributed by atoms with Gasteiger partial charge in [-0.15, -0.1) is 11.3 Å². The monoisotopic (exact) mass is 219 g/mol. The molecule has 0 amide bonds. The molecule has 0 unspecified atom stereocenters. The van der Waals surface area contributed by atoms with Gasteiger partial charge in [0.05, 0.1) is 0 Å². The van der Waals surface area contributed by atoms with Crippen LogP contribution in [0.15, 0.2) is 10.5 Å². The molecule has 0 spiro atoms. The lowest BCUT2D eigenvalue weighted by molar-refractivity contribution is 0.829. The summed E-state index contributed by atoms with van der Waals surface area (Å²) in [5.41, 5.74) is 0. The Morgan fingerprint density at radius 1 is 1.70 bits per heavy atom. The minimum atomic E-state index is 0.957. The summed E-state index contributed by atoms with van der Waals surface area (Å²) in [5, 5.41) is 3.12. The molecule has 1 heterocycles. The predicted molar refractivity (Wildman–Crippen MR) is 49.5 cm³/mol. The van der Waals surface area contributed by atoms with Gasteiger partial charge in [-0.1, -0.05) is 0 Å². The molecule has 0 radical (unpaired) electrons. The van der Waals surface area contributed by atoms with Crippen LogP contribution in [0.2, 0.25) is 0 Å². The van der Waals surface area contributed by atoms with Gasteiger partial charge < -0.3 is 5.32 Å². The Morgan fingerprint density at radius 2 is 2.40 bits per heavy atom. The van der Waals surface area contributed by atoms with Crippen molar-refractivity contribution in [2.75, 3.05) is 7.05 Å². The highest BCUT2D eigenvalue weighted by Gasteiger charge is 2.01. The molecule has 0 fully saturated rings. The van der Waals surface area contributed by atoms with Gasteiger partial charge >= 0.3 is 0 Å². The van der Waals surface area contributed by atoms with E-state index in [0.717, 1.165) is 6.54 Å². The normalized spacial score (nSPS) is 10.3. The third-order valence-electron chi connectivity index (χ3n) is 1.22. The van der Waals surface area contributed by atoms with Gasteiger partial charge in [-0.3, -0.25) is 0 Å². The molecule has 1 nitrogen and oxygen atoms in total. The zero-order chi connectivity index (χ0) is 7.56. The first-order valence-corrected chi connectivity index (χ1v) is 4.74. The lowest BCUT2D eigenvalue weighted by atomic mass is 10.4. The van der Waals surface area contributed by atoms with Crippen LogP contribution in [0.25, 0.3) is 0 Å². The molecular weight excluding hydrogens is 210 g/mol. The maximum Gasteiger partial charge on any atom is 0.0330 e. The standard InChI is InChI=1S/C7H10BrNS/c1-5-3-6(8)7(10-5)4-9-2/h3,9H,4H2,1-2H3. The highest BCUT2D eigenvalue weighted by molar-refractivity contribution is 9.10. The van der Waals surface area contributed by atoms with Crippen molar-refractivity contribution < 1.29 is 0 Å². The molecule has 1 aromatic heterocycles. The summed E-state index contributed by atoms with van der Waals surface area (Å²) in [6, 6.07) is 2.15. The topological polar surface area (TPSA) is 12.0 Å². The van der Waals surface area contributed by atoms with Crippen molar-refractivity contribution in [3.63, 3.8) is 0 Å². The van der Waals surface area contributed by atoms with Crippen molar-refractivity contribution in [3.8, 4) is 0 Å². The average Bonchev–Trinajstić information content (AvgIpc) is 2.13. The molecule has 1 rings (SSSR count). The lowest BCUT2D eigenvalue weighted by Gasteiger charge is -1.93. The fourth-order valence-electron chi connectivity index (χ4n) is 0.813. The minimum Gasteiger partial charge on any atom is -0.315 e. The van der Waals surface area contributed by atoms with E-state index in [1.165, 1.54) is 14.2 Å². The maximum absolute atomic E-state index is 3.49. The van der Waals surface area contributed by atoms with Gasteiger partial charge in [-0.25, -0.2) is 0 Å². The zero-order valence-corrected chi connectivity index (χ0v) is 8.47. The minimum absolute atomic E-state index is 0.957. The number of aryl methyl sites for hydroxylation is 1. The molecule has 10 heavy (non-hydrogen) atoms. The quantitative estimate of drug-likeness (QED) is 0.807. The summed E-state index contributed by atoms with van der Waals surface area (Å²) in [4.78, 5) is 2.73. The largest absolute Gasteiger partial charge is 0.315 e. The van der Waals surface area contributed by atoms with E-state index in [4.69, 9.17) is 0 Å². The molecule has 0 bridgehead atoms. The summed E-state index contributed by atoms with van der Waals surface area (Å²) in [6.07, 6.45) is 0. The Balaban J connectivity index is 2.81. The van der Waals surface area contributed by atoms with Crippen LogP contribution >= 0.6 is 27.3 Å². The van der Waals surface area contributed by atoms with Gasteiger partial charge in [-0.05, 0) is 36.0 Å². The maximum atomic E-state index is 3.49. The second kappa shape index (κ2) is 3.51. The van der Waals surface area contributed by atoms with Crippen LogP contribution in [0, 0.1) is 6.92 Å². The molecule has 1 aromatic rings. The Bertz CT molecular complexity index is 219. The third kappa shape index (κ3) is 1.81. The smallest absolute Gasteiger partial charge is 0.0330 e. The van der Waals surface area contributed by atoms with Gasteiger partial charge in [-0.2, -0.15) is 0 Å². The van der Waals surface area contributed by atoms with E-state index in [1.54, 1.807) is 0 Å². The van der Waals surface area contributed by atoms with Crippen LogP contribution in [0.5, 0.6) is 0 Å². The van der Waals surface area contributed by atoms with Crippen LogP contribution in [-0.4, -0.2) is 7.05 Å². The van der Waals surface area contributed by atoms with E-state index in [2.05, 4.69) is 34.2 Å². The van der Waals surface area contributed by atoms with E-state index in [-0.39, 0.29) is 0 Å². The van der Waals surface area contributed by atoms with E-state index >= 15 is 0 Å². The Hall–Kier alpha value is 0.140. The van der Waals surface area contributed by atoms with Crippen molar-refractivity contribution in [1.82, 2.24) is 5.32 Å². The van der Waals surface area contributed by atoms with Gasteiger partial charge in [0.15, 0.2) is 0 Å². The van der Waals surface area contributed by atoms with Gasteiger partial charge in [0.2, 0.25) is 0 Å². The molecule has 3 heteroatoms. The first-order valence-electron chi connectivity index (χ1n) is 3.13. The molecule has 0 aliphatic rings. The number of halogens is 1. The number of thiophene rings is 1. The van der Waals surface area contributed by atoms with Crippen LogP contribution in [0.3, 0.4) is 0 Å². The van der Waals surface area contributed by atoms with E-state index < -0.39 is 0 Å². The summed E-state index contributed by atoms with van der Waals surface area (Å²) < 4.78 is 1.23. The first kappa shape index (κ1) is 8.24. The van der Waals surface area contributed by atoms with E-state index in [9.17, 15) is 0 Å². The van der Waals surface area contributed by atoms with E-state index in [0.29, 0.717) is 0 Å². The van der Waals surface area contributed by atoms with Gasteiger partial charge in [0.25, 0.3) is 0 Å². The number of rotatable bonds is 2. The highest BCUT2D eigenvalue weighted by atomic mass is 79.9. The summed E-state index contributed by atoms with van der Waals surface area (Å²) in [5.74, 6) is 0. The molecule has 0 aliphatic heterocycles. The number of hydrogen-bond donors (Lipinski definition) is 1. The van der Waals surface area contributed by atoms with Crippen molar-refractivity contribution in [2.24, 2.45) is 0 Å². The lowest BCUT2D eigenvalue weighted by Crippen LogP contribution is -2.03. The van der Waals surface area contributed by atoms with Crippen LogP contribution < -0.4 is 5.32 Å². The molecule has 56 valence electrons. The highest BCUT2D eigenvalue weighted by Crippen LogP contribution is 2.26. The van der Waals surface area contributed by atoms with Crippen molar-refractivity contribution in [2.45, 2.75) is 13.5 Å². The molecular formula is C7H10BrNS. The fourth-order valence-corrected chi connectivity index (χ4v) is 2.63. The fraction of sp³-hybridized carbons (Fsp3) is 0.429. The van der Waals surface area contributed by atoms with Crippen LogP contribution in [0.1, 0.15) is 9.75 Å². The molecule has 1 N–H and O–H groups in total. The second-order valence-corrected chi connectivity index (χ2v) is 4.35. The molecule has 0 aliphatic carbocycles. The van der Waals surface area contributed by atoms with Crippen molar-refractivity contribution in [3.05, 3.63) is 20.3 Å². The number of hydrogen-bond acceptors (Lipinski definition) is 2. The summed E-state index contributed by atoms with van der Waals surface area (Å²) in [7, 11) is 1.96. The SMILES string of the molecule is CNCc1sc(C)cc1Br. The van der Waals surface area contributed by atoms with Crippen LogP contribution in [-0.2, 0) is 6.54 Å². The predicted octanol–water partition coefficient (Wildman–Crippen LogP) is 2.54. The first-order chi connectivity index (χ1) is 4.74. The Morgan fingerprint density at radius 3 is 2.80 bits per heavy atom. The van der Waals surface area contributed by atoms with Crippen molar-refractivity contribution >= 4 is 27.3 Å². The van der Waals surface area contributed by atoms with Crippen molar-refractivity contribution in [1.29, 1.82) is 0 Å². The average molecular weight is 220 g/mol. The van der Waals surface area contributed by atoms with Crippen LogP contribution in [0.4, 0.5) is 0 Å². The molecule has 0 saturated heterocycles. The summed E-state index contributed by atoms with van der Waals surface area (Å²) >= 11 is 5.32. The third-order valence-corrected chi connectivity index (χ3v) is 3.24. The second-order valence-electron chi connectivity index (χ2n) is 2.16. The van der Waals surface area contributed by atoms with Gasteiger partial charge in [0, 0.05) is 20.8 Å². The van der Waals surface area contributed by atoms with E-state index in [1.807, 2.05) is 18.4 Å². The molecule has 0 atom stereocenters. The summed E-state index contributed by atoms with van der Waals surface area (Å²) in [6.45, 7) is 3.08. The molecule has 0 aromatic carbocycles. The van der Waals surface area contributed by atoms with Gasteiger partial charge in [0.1, 0.15) is 0 Å². The number of nitrogens with one attached hydrogen (secondary N) is 1. The Kier molecular flexibility index (Phi) is 2.89. The zero-order valence-electron chi connectivity index (χ0n) is 6.07. The Labute approximate surface area is 73.6 Å².